The number of esters is 1. The molecule has 0 saturated heterocycles. The number of rotatable bonds is 19. The lowest BCUT2D eigenvalue weighted by Gasteiger charge is -2.26. The van der Waals surface area contributed by atoms with E-state index in [2.05, 4.69) is 22.2 Å². The molecule has 0 bridgehead atoms. The molecule has 1 heterocycles. The zero-order valence-electron chi connectivity index (χ0n) is 20.5. The Morgan fingerprint density at radius 2 is 1.70 bits per heavy atom. The fourth-order valence-electron chi connectivity index (χ4n) is 3.92. The summed E-state index contributed by atoms with van der Waals surface area (Å²) in [5.74, 6) is 0.0147. The normalized spacial score (nSPS) is 15.7. The van der Waals surface area contributed by atoms with Crippen LogP contribution in [0.15, 0.2) is 21.3 Å². The Hall–Kier alpha value is -2.29. The fourth-order valence-corrected chi connectivity index (χ4v) is 3.92. The number of aliphatic imine (C=N–C) groups is 2. The lowest BCUT2D eigenvalue weighted by molar-refractivity contribution is -0.139. The maximum Gasteiger partial charge on any atom is 0.337 e. The predicted molar refractivity (Wildman–Crippen MR) is 135 cm³/mol. The topological polar surface area (TPSA) is 161 Å². The van der Waals surface area contributed by atoms with Crippen molar-refractivity contribution in [3.05, 3.63) is 11.3 Å². The summed E-state index contributed by atoms with van der Waals surface area (Å²) in [6, 6.07) is -0.307. The molecule has 1 aliphatic rings. The number of nitrogens with one attached hydrogen (secondary N) is 1. The second-order valence-corrected chi connectivity index (χ2v) is 8.64. The molecular weight excluding hydrogens is 420 g/mol. The van der Waals surface area contributed by atoms with Crippen molar-refractivity contribution in [2.45, 2.75) is 103 Å². The zero-order valence-corrected chi connectivity index (χ0v) is 20.5. The van der Waals surface area contributed by atoms with E-state index in [1.165, 1.54) is 44.9 Å². The summed E-state index contributed by atoms with van der Waals surface area (Å²) < 4.78 is 5.54. The molecule has 1 unspecified atom stereocenters. The van der Waals surface area contributed by atoms with Gasteiger partial charge in [-0.15, -0.1) is 0 Å². The average molecular weight is 467 g/mol. The van der Waals surface area contributed by atoms with Gasteiger partial charge in [-0.3, -0.25) is 4.99 Å². The predicted octanol–water partition coefficient (Wildman–Crippen LogP) is 2.82. The van der Waals surface area contributed by atoms with Crippen LogP contribution in [0.25, 0.3) is 0 Å². The molecule has 0 fully saturated rings. The van der Waals surface area contributed by atoms with E-state index in [0.717, 1.165) is 25.7 Å². The van der Waals surface area contributed by atoms with E-state index in [-0.39, 0.29) is 24.6 Å². The molecule has 1 rings (SSSR count). The Morgan fingerprint density at radius 1 is 1.03 bits per heavy atom. The second kappa shape index (κ2) is 18.2. The van der Waals surface area contributed by atoms with Crippen molar-refractivity contribution < 1.29 is 14.6 Å². The minimum Gasteiger partial charge on any atom is -0.462 e. The molecule has 9 heteroatoms. The van der Waals surface area contributed by atoms with Gasteiger partial charge in [-0.1, -0.05) is 64.7 Å². The molecule has 0 aliphatic carbocycles. The van der Waals surface area contributed by atoms with E-state index in [4.69, 9.17) is 21.9 Å². The summed E-state index contributed by atoms with van der Waals surface area (Å²) in [7, 11) is 0. The van der Waals surface area contributed by atoms with Gasteiger partial charge in [0.05, 0.1) is 18.2 Å². The van der Waals surface area contributed by atoms with Gasteiger partial charge in [-0.05, 0) is 32.1 Å². The number of nitrogens with zero attached hydrogens (tertiary/aromatic N) is 2. The number of aliphatic hydroxyl groups excluding tert-OH is 1. The number of carbonyl (C=O) groups is 1. The van der Waals surface area contributed by atoms with Crippen molar-refractivity contribution in [3.8, 4) is 0 Å². The van der Waals surface area contributed by atoms with E-state index in [1.54, 1.807) is 0 Å². The van der Waals surface area contributed by atoms with Crippen molar-refractivity contribution in [2.24, 2.45) is 27.2 Å². The van der Waals surface area contributed by atoms with Crippen LogP contribution in [0.2, 0.25) is 0 Å². The molecule has 190 valence electrons. The van der Waals surface area contributed by atoms with Crippen LogP contribution in [0, 0.1) is 0 Å². The lowest BCUT2D eigenvalue weighted by atomic mass is 9.95. The SMILES string of the molecule is CCCCCCCCCCCC1N=C(N)NC(CCCO)=C1C(=O)OCCCCN=C(N)N. The Morgan fingerprint density at radius 3 is 2.33 bits per heavy atom. The van der Waals surface area contributed by atoms with Crippen molar-refractivity contribution >= 4 is 17.9 Å². The smallest absolute Gasteiger partial charge is 0.337 e. The highest BCUT2D eigenvalue weighted by Gasteiger charge is 2.29. The summed E-state index contributed by atoms with van der Waals surface area (Å²) in [5, 5.41) is 12.3. The molecule has 0 spiro atoms. The van der Waals surface area contributed by atoms with E-state index in [9.17, 15) is 9.90 Å². The molecule has 0 aromatic carbocycles. The van der Waals surface area contributed by atoms with Crippen LogP contribution < -0.4 is 22.5 Å². The molecule has 1 atom stereocenters. The largest absolute Gasteiger partial charge is 0.462 e. The van der Waals surface area contributed by atoms with Crippen molar-refractivity contribution in [1.82, 2.24) is 5.32 Å². The van der Waals surface area contributed by atoms with Gasteiger partial charge in [0, 0.05) is 18.8 Å². The van der Waals surface area contributed by atoms with Gasteiger partial charge in [-0.25, -0.2) is 9.79 Å². The Balaban J connectivity index is 2.57. The van der Waals surface area contributed by atoms with Gasteiger partial charge < -0.3 is 32.4 Å². The van der Waals surface area contributed by atoms with Gasteiger partial charge in [-0.2, -0.15) is 0 Å². The molecule has 0 amide bonds. The number of nitrogens with two attached hydrogens (primary N) is 3. The van der Waals surface area contributed by atoms with Gasteiger partial charge in [0.25, 0.3) is 0 Å². The molecule has 0 aromatic heterocycles. The minimum atomic E-state index is -0.366. The maximum absolute atomic E-state index is 12.9. The van der Waals surface area contributed by atoms with Crippen LogP contribution >= 0.6 is 0 Å². The number of carbonyl (C=O) groups excluding carboxylic acids is 1. The molecule has 0 radical (unpaired) electrons. The third kappa shape index (κ3) is 13.1. The number of hydrogen-bond donors (Lipinski definition) is 5. The first kappa shape index (κ1) is 28.7. The maximum atomic E-state index is 12.9. The molecule has 0 aromatic rings. The van der Waals surface area contributed by atoms with E-state index in [1.807, 2.05) is 0 Å². The van der Waals surface area contributed by atoms with Crippen LogP contribution in [0.5, 0.6) is 0 Å². The number of hydrogen-bond acceptors (Lipinski definition) is 7. The summed E-state index contributed by atoms with van der Waals surface area (Å²) in [4.78, 5) is 21.4. The van der Waals surface area contributed by atoms with Crippen LogP contribution in [0.1, 0.15) is 96.8 Å². The molecule has 8 N–H and O–H groups in total. The van der Waals surface area contributed by atoms with E-state index in [0.29, 0.717) is 49.6 Å². The highest BCUT2D eigenvalue weighted by molar-refractivity contribution is 5.94. The first-order valence-corrected chi connectivity index (χ1v) is 12.7. The summed E-state index contributed by atoms with van der Waals surface area (Å²) >= 11 is 0. The first-order valence-electron chi connectivity index (χ1n) is 12.7. The summed E-state index contributed by atoms with van der Waals surface area (Å²) in [5.41, 5.74) is 17.9. The van der Waals surface area contributed by atoms with Crippen LogP contribution in [-0.4, -0.2) is 48.8 Å². The third-order valence-electron chi connectivity index (χ3n) is 5.70. The highest BCUT2D eigenvalue weighted by Crippen LogP contribution is 2.25. The molecule has 33 heavy (non-hydrogen) atoms. The number of guanidine groups is 2. The molecular formula is C24H46N6O3. The number of aliphatic hydroxyl groups is 1. The van der Waals surface area contributed by atoms with Crippen LogP contribution in [0.3, 0.4) is 0 Å². The third-order valence-corrected chi connectivity index (χ3v) is 5.70. The summed E-state index contributed by atoms with van der Waals surface area (Å²) in [6.45, 7) is 3.07. The monoisotopic (exact) mass is 466 g/mol. The van der Waals surface area contributed by atoms with Gasteiger partial charge >= 0.3 is 5.97 Å². The van der Waals surface area contributed by atoms with E-state index < -0.39 is 0 Å². The Bertz CT molecular complexity index is 644. The van der Waals surface area contributed by atoms with E-state index >= 15 is 0 Å². The Labute approximate surface area is 199 Å². The standard InChI is InChI=1S/C24H46N6O3/c1-2-3-4-5-6-7-8-9-10-14-19-21(20(15-13-17-31)30-24(27)29-19)22(32)33-18-12-11-16-28-23(25)26/h19,31H,2-18H2,1H3,(H4,25,26,28)(H3,27,29,30). The first-order chi connectivity index (χ1) is 16.0. The van der Waals surface area contributed by atoms with Crippen LogP contribution in [0.4, 0.5) is 0 Å². The van der Waals surface area contributed by atoms with Gasteiger partial charge in [0.15, 0.2) is 11.9 Å². The van der Waals surface area contributed by atoms with Crippen LogP contribution in [-0.2, 0) is 9.53 Å². The van der Waals surface area contributed by atoms with Gasteiger partial charge in [0.1, 0.15) is 0 Å². The average Bonchev–Trinajstić information content (AvgIpc) is 2.78. The van der Waals surface area contributed by atoms with Crippen molar-refractivity contribution in [2.75, 3.05) is 19.8 Å². The van der Waals surface area contributed by atoms with Crippen molar-refractivity contribution in [1.29, 1.82) is 0 Å². The quantitative estimate of drug-likeness (QED) is 0.0846. The number of allylic oxidation sites excluding steroid dienone is 1. The van der Waals surface area contributed by atoms with Gasteiger partial charge in [0.2, 0.25) is 0 Å². The molecule has 0 saturated carbocycles. The molecule has 1 aliphatic heterocycles. The summed E-state index contributed by atoms with van der Waals surface area (Å²) in [6.07, 6.45) is 14.3. The highest BCUT2D eigenvalue weighted by atomic mass is 16.5. The lowest BCUT2D eigenvalue weighted by Crippen LogP contribution is -2.40. The fraction of sp³-hybridized carbons (Fsp3) is 0.792. The second-order valence-electron chi connectivity index (χ2n) is 8.64. The Kier molecular flexibility index (Phi) is 15.8. The van der Waals surface area contributed by atoms with Crippen molar-refractivity contribution in [3.63, 3.8) is 0 Å². The minimum absolute atomic E-state index is 0.0399. The number of ether oxygens (including phenoxy) is 1. The molecule has 9 nitrogen and oxygen atoms in total. The number of unbranched alkanes of at least 4 members (excludes halogenated alkanes) is 9. The zero-order chi connectivity index (χ0) is 24.3.